The van der Waals surface area contributed by atoms with Crippen LogP contribution in [0.25, 0.3) is 17.1 Å². The van der Waals surface area contributed by atoms with E-state index in [9.17, 15) is 4.79 Å². The third-order valence-electron chi connectivity index (χ3n) is 5.45. The Morgan fingerprint density at radius 1 is 0.971 bits per heavy atom. The van der Waals surface area contributed by atoms with Crippen molar-refractivity contribution in [2.45, 2.75) is 13.1 Å². The molecule has 0 saturated heterocycles. The SMILES string of the molecule is O=C(/C=C/c1ccc(Cn2cc(Nc3ncc4ccn(Cc5ccccc5)c4n3)cn2)cc1)NO. The molecule has 9 nitrogen and oxygen atoms in total. The Bertz CT molecular complexity index is 1470. The Hall–Kier alpha value is -4.76. The highest BCUT2D eigenvalue weighted by Crippen LogP contribution is 2.19. The van der Waals surface area contributed by atoms with Crippen LogP contribution in [0.15, 0.2) is 91.5 Å². The lowest BCUT2D eigenvalue weighted by Crippen LogP contribution is -2.14. The standard InChI is InChI=1S/C26H23N7O2/c34-24(31-35)11-10-19-6-8-21(9-7-19)17-33-18-23(15-28-33)29-26-27-14-22-12-13-32(25(22)30-26)16-20-4-2-1-3-5-20/h1-15,18,35H,16-17H2,(H,31,34)(H,27,29,30)/b11-10+. The number of benzene rings is 2. The van der Waals surface area contributed by atoms with E-state index in [1.807, 2.05) is 71.8 Å². The maximum Gasteiger partial charge on any atom is 0.267 e. The number of rotatable bonds is 8. The average Bonchev–Trinajstić information content (AvgIpc) is 3.50. The second-order valence-electron chi connectivity index (χ2n) is 8.00. The first kappa shape index (κ1) is 22.1. The molecule has 0 atom stereocenters. The minimum absolute atomic E-state index is 0.508. The Labute approximate surface area is 201 Å². The number of fused-ring (bicyclic) bond motifs is 1. The lowest BCUT2D eigenvalue weighted by Gasteiger charge is -2.06. The largest absolute Gasteiger partial charge is 0.328 e. The third-order valence-corrected chi connectivity index (χ3v) is 5.45. The van der Waals surface area contributed by atoms with Crippen LogP contribution in [-0.2, 0) is 17.9 Å². The van der Waals surface area contributed by atoms with Crippen molar-refractivity contribution in [3.05, 3.63) is 108 Å². The van der Waals surface area contributed by atoms with Crippen LogP contribution in [0.4, 0.5) is 11.6 Å². The molecule has 0 bridgehead atoms. The van der Waals surface area contributed by atoms with Gasteiger partial charge in [-0.05, 0) is 28.8 Å². The Morgan fingerprint density at radius 2 is 1.77 bits per heavy atom. The molecule has 0 aliphatic carbocycles. The van der Waals surface area contributed by atoms with Gasteiger partial charge in [0, 0.05) is 36.6 Å². The van der Waals surface area contributed by atoms with Crippen LogP contribution >= 0.6 is 0 Å². The zero-order valence-electron chi connectivity index (χ0n) is 18.7. The molecule has 0 aliphatic heterocycles. The molecule has 35 heavy (non-hydrogen) atoms. The fourth-order valence-corrected chi connectivity index (χ4v) is 3.71. The van der Waals surface area contributed by atoms with E-state index in [1.54, 1.807) is 17.8 Å². The number of aromatic nitrogens is 5. The van der Waals surface area contributed by atoms with Gasteiger partial charge in [-0.1, -0.05) is 54.6 Å². The summed E-state index contributed by atoms with van der Waals surface area (Å²) in [6.07, 6.45) is 10.4. The minimum atomic E-state index is -0.571. The molecular formula is C26H23N7O2. The molecule has 3 N–H and O–H groups in total. The number of hydroxylamine groups is 1. The molecule has 2 aromatic carbocycles. The van der Waals surface area contributed by atoms with Gasteiger partial charge in [0.2, 0.25) is 5.95 Å². The van der Waals surface area contributed by atoms with Gasteiger partial charge in [0.15, 0.2) is 0 Å². The number of hydrogen-bond acceptors (Lipinski definition) is 6. The van der Waals surface area contributed by atoms with Crippen molar-refractivity contribution < 1.29 is 10.0 Å². The van der Waals surface area contributed by atoms with Crippen molar-refractivity contribution in [1.82, 2.24) is 29.8 Å². The summed E-state index contributed by atoms with van der Waals surface area (Å²) >= 11 is 0. The van der Waals surface area contributed by atoms with Gasteiger partial charge in [0.05, 0.1) is 18.4 Å². The molecule has 0 fully saturated rings. The van der Waals surface area contributed by atoms with Crippen molar-refractivity contribution >= 4 is 34.7 Å². The van der Waals surface area contributed by atoms with Crippen LogP contribution in [0.3, 0.4) is 0 Å². The lowest BCUT2D eigenvalue weighted by atomic mass is 10.1. The zero-order valence-corrected chi connectivity index (χ0v) is 18.7. The highest BCUT2D eigenvalue weighted by molar-refractivity contribution is 5.90. The van der Waals surface area contributed by atoms with E-state index in [4.69, 9.17) is 10.2 Å². The monoisotopic (exact) mass is 465 g/mol. The summed E-state index contributed by atoms with van der Waals surface area (Å²) in [5.41, 5.74) is 6.34. The van der Waals surface area contributed by atoms with Gasteiger partial charge in [0.1, 0.15) is 5.65 Å². The highest BCUT2D eigenvalue weighted by Gasteiger charge is 2.08. The maximum atomic E-state index is 11.1. The number of nitrogens with one attached hydrogen (secondary N) is 2. The summed E-state index contributed by atoms with van der Waals surface area (Å²) in [5.74, 6) is -0.0636. The van der Waals surface area contributed by atoms with E-state index in [0.717, 1.165) is 34.4 Å². The van der Waals surface area contributed by atoms with E-state index in [-0.39, 0.29) is 0 Å². The van der Waals surface area contributed by atoms with Gasteiger partial charge < -0.3 is 9.88 Å². The van der Waals surface area contributed by atoms with Crippen molar-refractivity contribution in [2.24, 2.45) is 0 Å². The molecule has 0 saturated carbocycles. The van der Waals surface area contributed by atoms with Gasteiger partial charge >= 0.3 is 0 Å². The van der Waals surface area contributed by atoms with Crippen LogP contribution in [0.2, 0.25) is 0 Å². The first-order valence-electron chi connectivity index (χ1n) is 11.0. The Morgan fingerprint density at radius 3 is 2.57 bits per heavy atom. The molecule has 5 rings (SSSR count). The number of carbonyl (C=O) groups excluding carboxylic acids is 1. The molecule has 3 aromatic heterocycles. The second-order valence-corrected chi connectivity index (χ2v) is 8.00. The smallest absolute Gasteiger partial charge is 0.267 e. The molecule has 5 aromatic rings. The van der Waals surface area contributed by atoms with Crippen LogP contribution in [0, 0.1) is 0 Å². The summed E-state index contributed by atoms with van der Waals surface area (Å²) in [6, 6.07) is 20.0. The second kappa shape index (κ2) is 10.0. The normalized spacial score (nSPS) is 11.2. The predicted octanol–water partition coefficient (Wildman–Crippen LogP) is 3.99. The highest BCUT2D eigenvalue weighted by atomic mass is 16.5. The predicted molar refractivity (Wildman–Crippen MR) is 133 cm³/mol. The van der Waals surface area contributed by atoms with Crippen molar-refractivity contribution in [3.63, 3.8) is 0 Å². The third kappa shape index (κ3) is 5.43. The summed E-state index contributed by atoms with van der Waals surface area (Å²) in [4.78, 5) is 20.2. The van der Waals surface area contributed by atoms with Gasteiger partial charge in [0.25, 0.3) is 5.91 Å². The molecule has 0 unspecified atom stereocenters. The Balaban J connectivity index is 1.25. The van der Waals surface area contributed by atoms with Crippen molar-refractivity contribution in [1.29, 1.82) is 0 Å². The number of hydrogen-bond donors (Lipinski definition) is 3. The summed E-state index contributed by atoms with van der Waals surface area (Å²) < 4.78 is 3.93. The number of carbonyl (C=O) groups is 1. The molecule has 0 aliphatic rings. The summed E-state index contributed by atoms with van der Waals surface area (Å²) in [6.45, 7) is 1.32. The number of anilines is 2. The minimum Gasteiger partial charge on any atom is -0.328 e. The van der Waals surface area contributed by atoms with E-state index in [2.05, 4.69) is 32.1 Å². The molecule has 9 heteroatoms. The topological polar surface area (TPSA) is 110 Å². The van der Waals surface area contributed by atoms with Crippen molar-refractivity contribution in [3.8, 4) is 0 Å². The van der Waals surface area contributed by atoms with Crippen LogP contribution < -0.4 is 10.8 Å². The number of amides is 1. The van der Waals surface area contributed by atoms with Crippen molar-refractivity contribution in [2.75, 3.05) is 5.32 Å². The van der Waals surface area contributed by atoms with E-state index in [0.29, 0.717) is 12.5 Å². The van der Waals surface area contributed by atoms with Gasteiger partial charge in [-0.3, -0.25) is 14.7 Å². The average molecular weight is 466 g/mol. The van der Waals surface area contributed by atoms with Gasteiger partial charge in [-0.25, -0.2) is 10.5 Å². The summed E-state index contributed by atoms with van der Waals surface area (Å²) in [7, 11) is 0. The van der Waals surface area contributed by atoms with E-state index in [1.165, 1.54) is 11.6 Å². The van der Waals surface area contributed by atoms with E-state index < -0.39 is 5.91 Å². The Kier molecular flexibility index (Phi) is 6.31. The van der Waals surface area contributed by atoms with Gasteiger partial charge in [-0.2, -0.15) is 10.1 Å². The lowest BCUT2D eigenvalue weighted by molar-refractivity contribution is -0.124. The quantitative estimate of drug-likeness (QED) is 0.182. The molecule has 0 radical (unpaired) electrons. The van der Waals surface area contributed by atoms with Crippen LogP contribution in [0.5, 0.6) is 0 Å². The van der Waals surface area contributed by atoms with Crippen LogP contribution in [0.1, 0.15) is 16.7 Å². The fourth-order valence-electron chi connectivity index (χ4n) is 3.71. The number of nitrogens with zero attached hydrogens (tertiary/aromatic N) is 5. The van der Waals surface area contributed by atoms with Crippen LogP contribution in [-0.4, -0.2) is 35.4 Å². The molecule has 0 spiro atoms. The molecular weight excluding hydrogens is 442 g/mol. The molecule has 1 amide bonds. The first-order chi connectivity index (χ1) is 17.2. The first-order valence-corrected chi connectivity index (χ1v) is 11.0. The molecule has 3 heterocycles. The zero-order chi connectivity index (χ0) is 24.0. The summed E-state index contributed by atoms with van der Waals surface area (Å²) in [5, 5.41) is 17.2. The van der Waals surface area contributed by atoms with Gasteiger partial charge in [-0.15, -0.1) is 0 Å². The fraction of sp³-hybridized carbons (Fsp3) is 0.0769. The molecule has 174 valence electrons. The maximum absolute atomic E-state index is 11.1. The van der Waals surface area contributed by atoms with E-state index >= 15 is 0 Å².